The zero-order chi connectivity index (χ0) is 20.9. The lowest BCUT2D eigenvalue weighted by atomic mass is 10.1. The van der Waals surface area contributed by atoms with Gasteiger partial charge in [0, 0.05) is 64.9 Å². The van der Waals surface area contributed by atoms with Gasteiger partial charge in [0.2, 0.25) is 0 Å². The molecule has 0 atom stereocenters. The summed E-state index contributed by atoms with van der Waals surface area (Å²) in [4.78, 5) is 11.6. The first-order chi connectivity index (χ1) is 14.7. The number of benzene rings is 1. The van der Waals surface area contributed by atoms with Gasteiger partial charge in [-0.15, -0.1) is 24.0 Å². The van der Waals surface area contributed by atoms with Crippen molar-refractivity contribution in [2.24, 2.45) is 4.99 Å². The summed E-state index contributed by atoms with van der Waals surface area (Å²) in [6, 6.07) is 6.94. The van der Waals surface area contributed by atoms with Crippen molar-refractivity contribution in [1.29, 1.82) is 0 Å². The van der Waals surface area contributed by atoms with Crippen LogP contribution in [0.15, 0.2) is 23.2 Å². The molecule has 2 N–H and O–H groups in total. The van der Waals surface area contributed by atoms with Crippen molar-refractivity contribution in [2.75, 3.05) is 57.8 Å². The number of hydrogen-bond acceptors (Lipinski definition) is 4. The third-order valence-electron chi connectivity index (χ3n) is 6.79. The molecule has 0 radical (unpaired) electrons. The number of rotatable bonds is 6. The monoisotopic (exact) mass is 544 g/mol. The maximum Gasteiger partial charge on any atom is 0.191 e. The van der Waals surface area contributed by atoms with Gasteiger partial charge in [0.1, 0.15) is 5.82 Å². The van der Waals surface area contributed by atoms with E-state index in [0.717, 1.165) is 68.8 Å². The lowest BCUT2D eigenvalue weighted by molar-refractivity contribution is 0.197. The minimum absolute atomic E-state index is 0. The number of halogens is 2. The van der Waals surface area contributed by atoms with Crippen molar-refractivity contribution in [3.05, 3.63) is 29.6 Å². The summed E-state index contributed by atoms with van der Waals surface area (Å²) in [6.45, 7) is 9.95. The Morgan fingerprint density at radius 3 is 2.35 bits per heavy atom. The van der Waals surface area contributed by atoms with Gasteiger partial charge in [-0.3, -0.25) is 4.99 Å². The van der Waals surface area contributed by atoms with Crippen LogP contribution in [-0.2, 0) is 6.54 Å². The molecule has 2 aliphatic heterocycles. The summed E-state index contributed by atoms with van der Waals surface area (Å²) >= 11 is 0. The standard InChI is InChI=1S/C23H37FN6.HI/c1-3-28-12-14-30(15-13-28)22-7-4-18(16-21(22)24)17-26-23(25-2)27-19-8-10-29(11-9-19)20-5-6-20;/h4,7,16,19-20H,3,5-6,8-15,17H2,1-2H3,(H2,25,26,27);1H. The molecule has 4 rings (SSSR count). The molecule has 1 aromatic rings. The maximum absolute atomic E-state index is 14.8. The van der Waals surface area contributed by atoms with Gasteiger partial charge in [0.05, 0.1) is 5.69 Å². The van der Waals surface area contributed by atoms with Crippen molar-refractivity contribution in [2.45, 2.75) is 51.2 Å². The summed E-state index contributed by atoms with van der Waals surface area (Å²) in [5, 5.41) is 6.91. The molecule has 2 heterocycles. The van der Waals surface area contributed by atoms with E-state index in [1.54, 1.807) is 13.1 Å². The number of piperidine rings is 1. The molecule has 8 heteroatoms. The van der Waals surface area contributed by atoms with E-state index in [0.29, 0.717) is 12.6 Å². The third kappa shape index (κ3) is 6.68. The fourth-order valence-corrected chi connectivity index (χ4v) is 4.64. The molecule has 1 saturated carbocycles. The van der Waals surface area contributed by atoms with Gasteiger partial charge >= 0.3 is 0 Å². The van der Waals surface area contributed by atoms with Crippen LogP contribution in [0.1, 0.15) is 38.2 Å². The Hall–Kier alpha value is -1.13. The second kappa shape index (κ2) is 11.7. The Labute approximate surface area is 203 Å². The van der Waals surface area contributed by atoms with Crippen molar-refractivity contribution >= 4 is 35.6 Å². The number of hydrogen-bond donors (Lipinski definition) is 2. The smallest absolute Gasteiger partial charge is 0.191 e. The maximum atomic E-state index is 14.8. The molecular formula is C23H38FIN6. The average Bonchev–Trinajstić information content (AvgIpc) is 3.63. The molecular weight excluding hydrogens is 506 g/mol. The Balaban J connectivity index is 0.00000272. The predicted octanol–water partition coefficient (Wildman–Crippen LogP) is 2.88. The highest BCUT2D eigenvalue weighted by molar-refractivity contribution is 14.0. The van der Waals surface area contributed by atoms with Crippen molar-refractivity contribution in [1.82, 2.24) is 20.4 Å². The average molecular weight is 545 g/mol. The lowest BCUT2D eigenvalue weighted by Crippen LogP contribution is -2.48. The molecule has 0 spiro atoms. The van der Waals surface area contributed by atoms with Gasteiger partial charge < -0.3 is 25.3 Å². The highest BCUT2D eigenvalue weighted by atomic mass is 127. The van der Waals surface area contributed by atoms with Crippen LogP contribution >= 0.6 is 24.0 Å². The van der Waals surface area contributed by atoms with Crippen LogP contribution in [0, 0.1) is 5.82 Å². The van der Waals surface area contributed by atoms with Crippen LogP contribution < -0.4 is 15.5 Å². The van der Waals surface area contributed by atoms with Gasteiger partial charge in [0.15, 0.2) is 5.96 Å². The largest absolute Gasteiger partial charge is 0.367 e. The molecule has 0 aromatic heterocycles. The Morgan fingerprint density at radius 1 is 1.06 bits per heavy atom. The molecule has 1 aromatic carbocycles. The molecule has 3 fully saturated rings. The highest BCUT2D eigenvalue weighted by Gasteiger charge is 2.31. The number of nitrogens with one attached hydrogen (secondary N) is 2. The SMILES string of the molecule is CCN1CCN(c2ccc(CNC(=NC)NC3CCN(C4CC4)CC3)cc2F)CC1.I. The van der Waals surface area contributed by atoms with Gasteiger partial charge in [-0.1, -0.05) is 13.0 Å². The van der Waals surface area contributed by atoms with E-state index in [1.165, 1.54) is 25.9 Å². The molecule has 6 nitrogen and oxygen atoms in total. The molecule has 31 heavy (non-hydrogen) atoms. The molecule has 0 amide bonds. The van der Waals surface area contributed by atoms with Crippen LogP contribution in [0.4, 0.5) is 10.1 Å². The normalized spacial score (nSPS) is 21.6. The Kier molecular flexibility index (Phi) is 9.21. The van der Waals surface area contributed by atoms with Crippen LogP contribution in [0.3, 0.4) is 0 Å². The third-order valence-corrected chi connectivity index (χ3v) is 6.79. The van der Waals surface area contributed by atoms with Gasteiger partial charge in [0.25, 0.3) is 0 Å². The minimum atomic E-state index is -0.130. The van der Waals surface area contributed by atoms with E-state index >= 15 is 0 Å². The molecule has 174 valence electrons. The summed E-state index contributed by atoms with van der Waals surface area (Å²) in [5.74, 6) is 0.676. The number of likely N-dealkylation sites (N-methyl/N-ethyl adjacent to an activating group) is 1. The minimum Gasteiger partial charge on any atom is -0.367 e. The second-order valence-electron chi connectivity index (χ2n) is 8.82. The quantitative estimate of drug-likeness (QED) is 0.328. The molecule has 0 bridgehead atoms. The summed E-state index contributed by atoms with van der Waals surface area (Å²) in [6.07, 6.45) is 5.08. The summed E-state index contributed by atoms with van der Waals surface area (Å²) in [7, 11) is 1.80. The van der Waals surface area contributed by atoms with E-state index in [9.17, 15) is 4.39 Å². The number of guanidine groups is 1. The first-order valence-corrected chi connectivity index (χ1v) is 11.6. The second-order valence-corrected chi connectivity index (χ2v) is 8.82. The number of aliphatic imine (C=N–C) groups is 1. The van der Waals surface area contributed by atoms with Crippen molar-refractivity contribution < 1.29 is 4.39 Å². The van der Waals surface area contributed by atoms with E-state index in [2.05, 4.69) is 37.2 Å². The summed E-state index contributed by atoms with van der Waals surface area (Å²) in [5.41, 5.74) is 1.66. The van der Waals surface area contributed by atoms with E-state index < -0.39 is 0 Å². The first-order valence-electron chi connectivity index (χ1n) is 11.6. The number of anilines is 1. The van der Waals surface area contributed by atoms with Crippen molar-refractivity contribution in [3.63, 3.8) is 0 Å². The van der Waals surface area contributed by atoms with Crippen LogP contribution in [-0.4, -0.2) is 80.7 Å². The first kappa shape index (κ1) is 24.5. The van der Waals surface area contributed by atoms with Gasteiger partial charge in [-0.2, -0.15) is 0 Å². The van der Waals surface area contributed by atoms with Gasteiger partial charge in [-0.05, 0) is 49.9 Å². The van der Waals surface area contributed by atoms with E-state index in [4.69, 9.17) is 0 Å². The van der Waals surface area contributed by atoms with Crippen LogP contribution in [0.2, 0.25) is 0 Å². The zero-order valence-electron chi connectivity index (χ0n) is 18.9. The lowest BCUT2D eigenvalue weighted by Gasteiger charge is -2.35. The molecule has 1 aliphatic carbocycles. The fourth-order valence-electron chi connectivity index (χ4n) is 4.64. The topological polar surface area (TPSA) is 46.1 Å². The highest BCUT2D eigenvalue weighted by Crippen LogP contribution is 2.29. The molecule has 0 unspecified atom stereocenters. The number of likely N-dealkylation sites (tertiary alicyclic amines) is 1. The predicted molar refractivity (Wildman–Crippen MR) is 137 cm³/mol. The van der Waals surface area contributed by atoms with E-state index in [1.807, 2.05) is 12.1 Å². The van der Waals surface area contributed by atoms with Crippen molar-refractivity contribution in [3.8, 4) is 0 Å². The molecule has 2 saturated heterocycles. The van der Waals surface area contributed by atoms with Gasteiger partial charge in [-0.25, -0.2) is 4.39 Å². The fraction of sp³-hybridized carbons (Fsp3) is 0.696. The Bertz CT molecular complexity index is 725. The van der Waals surface area contributed by atoms with Crippen LogP contribution in [0.25, 0.3) is 0 Å². The zero-order valence-corrected chi connectivity index (χ0v) is 21.3. The number of piperazine rings is 1. The summed E-state index contributed by atoms with van der Waals surface area (Å²) < 4.78 is 14.8. The Morgan fingerprint density at radius 2 is 1.77 bits per heavy atom. The number of nitrogens with zero attached hydrogens (tertiary/aromatic N) is 4. The van der Waals surface area contributed by atoms with E-state index in [-0.39, 0.29) is 29.8 Å². The molecule has 3 aliphatic rings. The van der Waals surface area contributed by atoms with Crippen LogP contribution in [0.5, 0.6) is 0 Å².